The molecule has 0 aliphatic carbocycles. The van der Waals surface area contributed by atoms with Crippen LogP contribution in [0.4, 0.5) is 35.9 Å². The van der Waals surface area contributed by atoms with Crippen molar-refractivity contribution in [3.8, 4) is 0 Å². The van der Waals surface area contributed by atoms with Gasteiger partial charge in [0.25, 0.3) is 11.4 Å². The van der Waals surface area contributed by atoms with E-state index in [-0.39, 0.29) is 16.8 Å². The summed E-state index contributed by atoms with van der Waals surface area (Å²) >= 11 is 5.80. The lowest BCUT2D eigenvalue weighted by atomic mass is 10.1. The molecule has 0 unspecified atom stereocenters. The Kier molecular flexibility index (Phi) is 4.84. The van der Waals surface area contributed by atoms with Crippen molar-refractivity contribution in [1.29, 1.82) is 0 Å². The van der Waals surface area contributed by atoms with Gasteiger partial charge in [0.05, 0.1) is 21.5 Å². The van der Waals surface area contributed by atoms with Crippen molar-refractivity contribution in [2.75, 3.05) is 5.32 Å². The summed E-state index contributed by atoms with van der Waals surface area (Å²) in [6.07, 6.45) is -5.05. The number of hydrogen-bond donors (Lipinski definition) is 1. The van der Waals surface area contributed by atoms with Crippen LogP contribution in [0.2, 0.25) is 5.02 Å². The monoisotopic (exact) mass is 375 g/mol. The molecule has 2 aromatic carbocycles. The van der Waals surface area contributed by atoms with E-state index in [2.05, 4.69) is 5.32 Å². The minimum absolute atomic E-state index is 0.106. The summed E-state index contributed by atoms with van der Waals surface area (Å²) in [6, 6.07) is 5.01. The molecule has 1 N–H and O–H groups in total. The van der Waals surface area contributed by atoms with Crippen LogP contribution in [-0.2, 0) is 6.18 Å². The summed E-state index contributed by atoms with van der Waals surface area (Å²) in [6.45, 7) is 1.56. The van der Waals surface area contributed by atoms with E-state index in [9.17, 15) is 33.4 Å². The van der Waals surface area contributed by atoms with Gasteiger partial charge in [-0.2, -0.15) is 13.2 Å². The molecule has 0 saturated heterocycles. The van der Waals surface area contributed by atoms with Gasteiger partial charge in [0.1, 0.15) is 5.69 Å². The average Bonchev–Trinajstić information content (AvgIpc) is 2.49. The minimum Gasteiger partial charge on any atom is -0.349 e. The molecule has 0 aliphatic rings. The number of benzene rings is 2. The van der Waals surface area contributed by atoms with Crippen LogP contribution in [-0.4, -0.2) is 9.85 Å². The maximum Gasteiger partial charge on any atom is 0.418 e. The van der Waals surface area contributed by atoms with Gasteiger partial charge in [-0.25, -0.2) is 0 Å². The van der Waals surface area contributed by atoms with Crippen molar-refractivity contribution >= 4 is 34.4 Å². The lowest BCUT2D eigenvalue weighted by Gasteiger charge is -2.16. The van der Waals surface area contributed by atoms with E-state index in [1.165, 1.54) is 18.2 Å². The Morgan fingerprint density at radius 1 is 1.08 bits per heavy atom. The Balaban J connectivity index is 2.75. The van der Waals surface area contributed by atoms with Gasteiger partial charge in [-0.3, -0.25) is 20.2 Å². The number of aryl methyl sites for hydroxylation is 1. The summed E-state index contributed by atoms with van der Waals surface area (Å²) in [7, 11) is 0. The third-order valence-corrected chi connectivity index (χ3v) is 3.51. The number of nitro benzene ring substituents is 2. The van der Waals surface area contributed by atoms with Crippen LogP contribution < -0.4 is 5.32 Å². The molecule has 0 atom stereocenters. The standard InChI is InChI=1S/C14H9ClF3N3O4/c1-7-2-3-8(15)4-11(7)19-13-10(14(16,17)18)5-9(20(22)23)6-12(13)21(24)25/h2-6,19H,1H3. The molecule has 0 bridgehead atoms. The molecule has 0 saturated carbocycles. The van der Waals surface area contributed by atoms with Gasteiger partial charge >= 0.3 is 6.18 Å². The van der Waals surface area contributed by atoms with Gasteiger partial charge in [0.2, 0.25) is 0 Å². The summed E-state index contributed by atoms with van der Waals surface area (Å²) < 4.78 is 39.9. The second-order valence-electron chi connectivity index (χ2n) is 4.98. The topological polar surface area (TPSA) is 98.3 Å². The number of nitro groups is 2. The first-order valence-corrected chi connectivity index (χ1v) is 6.95. The molecule has 0 heterocycles. The number of nitrogens with zero attached hydrogens (tertiary/aromatic N) is 2. The number of alkyl halides is 3. The fraction of sp³-hybridized carbons (Fsp3) is 0.143. The van der Waals surface area contributed by atoms with Crippen LogP contribution >= 0.6 is 11.6 Å². The van der Waals surface area contributed by atoms with Crippen molar-refractivity contribution < 1.29 is 23.0 Å². The van der Waals surface area contributed by atoms with Crippen LogP contribution in [0.25, 0.3) is 0 Å². The Morgan fingerprint density at radius 3 is 2.24 bits per heavy atom. The van der Waals surface area contributed by atoms with Crippen LogP contribution in [0, 0.1) is 27.2 Å². The van der Waals surface area contributed by atoms with Crippen LogP contribution in [0.1, 0.15) is 11.1 Å². The molecule has 2 aromatic rings. The highest BCUT2D eigenvalue weighted by Gasteiger charge is 2.39. The average molecular weight is 376 g/mol. The van der Waals surface area contributed by atoms with E-state index < -0.39 is 38.6 Å². The number of non-ortho nitro benzene ring substituents is 1. The van der Waals surface area contributed by atoms with Gasteiger partial charge in [-0.1, -0.05) is 17.7 Å². The smallest absolute Gasteiger partial charge is 0.349 e. The predicted molar refractivity (Wildman–Crippen MR) is 84.2 cm³/mol. The zero-order chi connectivity index (χ0) is 18.9. The van der Waals surface area contributed by atoms with Gasteiger partial charge in [0, 0.05) is 16.8 Å². The van der Waals surface area contributed by atoms with Crippen LogP contribution in [0.3, 0.4) is 0 Å². The molecule has 2 rings (SSSR count). The summed E-state index contributed by atoms with van der Waals surface area (Å²) in [5.74, 6) is 0. The number of halogens is 4. The van der Waals surface area contributed by atoms with Crippen LogP contribution in [0.5, 0.6) is 0 Å². The molecule has 0 spiro atoms. The highest BCUT2D eigenvalue weighted by molar-refractivity contribution is 6.30. The van der Waals surface area contributed by atoms with Gasteiger partial charge in [-0.05, 0) is 24.6 Å². The first-order chi connectivity index (χ1) is 11.5. The molecule has 7 nitrogen and oxygen atoms in total. The minimum atomic E-state index is -5.05. The van der Waals surface area contributed by atoms with Gasteiger partial charge < -0.3 is 5.32 Å². The van der Waals surface area contributed by atoms with Crippen LogP contribution in [0.15, 0.2) is 30.3 Å². The summed E-state index contributed by atoms with van der Waals surface area (Å²) in [4.78, 5) is 19.7. The second-order valence-corrected chi connectivity index (χ2v) is 5.42. The number of rotatable bonds is 4. The van der Waals surface area contributed by atoms with E-state index in [1.807, 2.05) is 0 Å². The lowest BCUT2D eigenvalue weighted by Crippen LogP contribution is -2.12. The van der Waals surface area contributed by atoms with E-state index in [0.717, 1.165) is 0 Å². The second kappa shape index (κ2) is 6.55. The maximum absolute atomic E-state index is 13.3. The quantitative estimate of drug-likeness (QED) is 0.583. The summed E-state index contributed by atoms with van der Waals surface area (Å²) in [5, 5.41) is 24.5. The molecule has 0 radical (unpaired) electrons. The molecular weight excluding hydrogens is 367 g/mol. The third kappa shape index (κ3) is 3.97. The fourth-order valence-corrected chi connectivity index (χ4v) is 2.25. The Hall–Kier alpha value is -2.88. The molecule has 0 amide bonds. The Morgan fingerprint density at radius 2 is 1.72 bits per heavy atom. The van der Waals surface area contributed by atoms with Gasteiger partial charge in [-0.15, -0.1) is 0 Å². The SMILES string of the molecule is Cc1ccc(Cl)cc1Nc1c([N+](=O)[O-])cc([N+](=O)[O-])cc1C(F)(F)F. The van der Waals surface area contributed by atoms with Crippen molar-refractivity contribution in [3.63, 3.8) is 0 Å². The molecule has 0 aromatic heterocycles. The molecule has 25 heavy (non-hydrogen) atoms. The summed E-state index contributed by atoms with van der Waals surface area (Å²) in [5.41, 5.74) is -3.94. The zero-order valence-corrected chi connectivity index (χ0v) is 13.2. The molecule has 0 fully saturated rings. The fourth-order valence-electron chi connectivity index (χ4n) is 2.08. The number of hydrogen-bond acceptors (Lipinski definition) is 5. The first kappa shape index (κ1) is 18.5. The molecule has 132 valence electrons. The van der Waals surface area contributed by atoms with E-state index >= 15 is 0 Å². The maximum atomic E-state index is 13.3. The Labute approximate surface area is 143 Å². The number of nitrogens with one attached hydrogen (secondary N) is 1. The van der Waals surface area contributed by atoms with E-state index in [4.69, 9.17) is 11.6 Å². The van der Waals surface area contributed by atoms with Crippen molar-refractivity contribution in [1.82, 2.24) is 0 Å². The van der Waals surface area contributed by atoms with Crippen molar-refractivity contribution in [3.05, 3.63) is 66.7 Å². The predicted octanol–water partition coefficient (Wildman–Crippen LogP) is 5.23. The highest BCUT2D eigenvalue weighted by atomic mass is 35.5. The zero-order valence-electron chi connectivity index (χ0n) is 12.4. The Bertz CT molecular complexity index is 871. The molecule has 0 aliphatic heterocycles. The van der Waals surface area contributed by atoms with Crippen molar-refractivity contribution in [2.45, 2.75) is 13.1 Å². The normalized spacial score (nSPS) is 11.2. The highest BCUT2D eigenvalue weighted by Crippen LogP contribution is 2.44. The molecule has 11 heteroatoms. The van der Waals surface area contributed by atoms with Gasteiger partial charge in [0.15, 0.2) is 0 Å². The first-order valence-electron chi connectivity index (χ1n) is 6.58. The molecular formula is C14H9ClF3N3O4. The number of anilines is 2. The largest absolute Gasteiger partial charge is 0.418 e. The third-order valence-electron chi connectivity index (χ3n) is 3.27. The van der Waals surface area contributed by atoms with E-state index in [1.54, 1.807) is 6.92 Å². The van der Waals surface area contributed by atoms with Crippen molar-refractivity contribution in [2.24, 2.45) is 0 Å². The van der Waals surface area contributed by atoms with E-state index in [0.29, 0.717) is 11.6 Å². The lowest BCUT2D eigenvalue weighted by molar-refractivity contribution is -0.394.